The molecule has 0 aromatic rings. The summed E-state index contributed by atoms with van der Waals surface area (Å²) in [4.78, 5) is 0. The molecule has 0 amide bonds. The molecule has 0 aromatic carbocycles. The third-order valence-corrected chi connectivity index (χ3v) is 1.70. The number of halogens is 11. The Balaban J connectivity index is 5.73. The third-order valence-electron chi connectivity index (χ3n) is 1.70. The van der Waals surface area contributed by atoms with E-state index in [9.17, 15) is 48.3 Å². The van der Waals surface area contributed by atoms with Crippen LogP contribution in [0.2, 0.25) is 0 Å². The summed E-state index contributed by atoms with van der Waals surface area (Å²) in [5.74, 6) is -16.1. The summed E-state index contributed by atoms with van der Waals surface area (Å²) in [5.41, 5.74) is 3.92. The Kier molecular flexibility index (Phi) is 4.29. The molecule has 0 aliphatic heterocycles. The monoisotopic (exact) mass is 328 g/mol. The minimum absolute atomic E-state index is 1.90. The van der Waals surface area contributed by atoms with Gasteiger partial charge in [-0.05, 0) is 0 Å². The van der Waals surface area contributed by atoms with Crippen LogP contribution in [-0.2, 0) is 4.74 Å². The van der Waals surface area contributed by atoms with Crippen LogP contribution >= 0.6 is 0 Å². The average molecular weight is 328 g/mol. The standard InChI is InChI=1S/C6H3F11N2O/c7-2(1(18)19,4(10,11)12)20-6(16,17)3(8,9)5(13,14)15/h(H3,18,19). The topological polar surface area (TPSA) is 59.1 Å². The van der Waals surface area contributed by atoms with Gasteiger partial charge in [0.1, 0.15) is 0 Å². The SMILES string of the molecule is N=C(N)C(F)(OC(F)(F)C(F)(F)C(F)(F)F)C(F)(F)F. The molecule has 3 N–H and O–H groups in total. The van der Waals surface area contributed by atoms with Crippen molar-refractivity contribution >= 4 is 5.84 Å². The van der Waals surface area contributed by atoms with Crippen molar-refractivity contribution < 1.29 is 53.0 Å². The second kappa shape index (κ2) is 4.60. The van der Waals surface area contributed by atoms with Gasteiger partial charge in [0.15, 0.2) is 5.84 Å². The van der Waals surface area contributed by atoms with Crippen LogP contribution in [0.15, 0.2) is 0 Å². The molecule has 0 fully saturated rings. The van der Waals surface area contributed by atoms with Crippen LogP contribution < -0.4 is 5.73 Å². The molecule has 0 saturated heterocycles. The smallest absolute Gasteiger partial charge is 0.383 e. The Morgan fingerprint density at radius 3 is 1.30 bits per heavy atom. The number of nitrogens with one attached hydrogen (secondary N) is 1. The summed E-state index contributed by atoms with van der Waals surface area (Å²) in [7, 11) is 0. The van der Waals surface area contributed by atoms with Crippen molar-refractivity contribution in [2.45, 2.75) is 30.2 Å². The first kappa shape index (κ1) is 18.7. The van der Waals surface area contributed by atoms with E-state index in [1.165, 1.54) is 0 Å². The van der Waals surface area contributed by atoms with Gasteiger partial charge in [0.2, 0.25) is 0 Å². The Morgan fingerprint density at radius 1 is 0.750 bits per heavy atom. The van der Waals surface area contributed by atoms with Crippen molar-refractivity contribution in [1.82, 2.24) is 0 Å². The van der Waals surface area contributed by atoms with Gasteiger partial charge in [-0.15, -0.1) is 0 Å². The predicted octanol–water partition coefficient (Wildman–Crippen LogP) is 2.96. The summed E-state index contributed by atoms with van der Waals surface area (Å²) in [6, 6.07) is 0. The zero-order chi connectivity index (χ0) is 16.8. The molecule has 1 unspecified atom stereocenters. The van der Waals surface area contributed by atoms with Crippen LogP contribution in [0.1, 0.15) is 0 Å². The van der Waals surface area contributed by atoms with E-state index in [-0.39, 0.29) is 0 Å². The Bertz CT molecular complexity index is 385. The molecule has 1 atom stereocenters. The van der Waals surface area contributed by atoms with Gasteiger partial charge in [-0.25, -0.2) is 0 Å². The number of nitrogens with two attached hydrogens (primary N) is 1. The fourth-order valence-electron chi connectivity index (χ4n) is 0.671. The first-order valence-electron chi connectivity index (χ1n) is 4.03. The molecular formula is C6H3F11N2O. The quantitative estimate of drug-likeness (QED) is 0.474. The molecule has 20 heavy (non-hydrogen) atoms. The fraction of sp³-hybridized carbons (Fsp3) is 0.833. The first-order valence-corrected chi connectivity index (χ1v) is 4.03. The molecule has 0 spiro atoms. The highest BCUT2D eigenvalue weighted by Gasteiger charge is 2.78. The van der Waals surface area contributed by atoms with E-state index in [1.807, 2.05) is 4.74 Å². The van der Waals surface area contributed by atoms with E-state index in [4.69, 9.17) is 5.41 Å². The van der Waals surface area contributed by atoms with Gasteiger partial charge in [0.05, 0.1) is 0 Å². The Labute approximate surface area is 102 Å². The molecule has 0 aliphatic rings. The lowest BCUT2D eigenvalue weighted by Crippen LogP contribution is -2.62. The maximum absolute atomic E-state index is 13.0. The first-order chi connectivity index (χ1) is 8.40. The van der Waals surface area contributed by atoms with Crippen molar-refractivity contribution in [1.29, 1.82) is 5.41 Å². The van der Waals surface area contributed by atoms with Gasteiger partial charge in [0.25, 0.3) is 0 Å². The maximum Gasteiger partial charge on any atom is 0.462 e. The summed E-state index contributed by atoms with van der Waals surface area (Å²) in [5, 5.41) is 6.04. The molecule has 0 bridgehead atoms. The number of amidine groups is 1. The third kappa shape index (κ3) is 2.88. The van der Waals surface area contributed by atoms with Gasteiger partial charge in [0, 0.05) is 0 Å². The van der Waals surface area contributed by atoms with Crippen molar-refractivity contribution in [3.63, 3.8) is 0 Å². The van der Waals surface area contributed by atoms with E-state index in [2.05, 4.69) is 5.73 Å². The molecular weight excluding hydrogens is 325 g/mol. The van der Waals surface area contributed by atoms with Gasteiger partial charge in [-0.3, -0.25) is 10.1 Å². The minimum Gasteiger partial charge on any atom is -0.383 e. The average Bonchev–Trinajstić information content (AvgIpc) is 2.12. The van der Waals surface area contributed by atoms with Crippen molar-refractivity contribution in [3.8, 4) is 0 Å². The molecule has 0 saturated carbocycles. The Hall–Kier alpha value is -1.34. The number of alkyl halides is 11. The number of hydrogen-bond acceptors (Lipinski definition) is 2. The van der Waals surface area contributed by atoms with Gasteiger partial charge >= 0.3 is 30.2 Å². The van der Waals surface area contributed by atoms with Gasteiger partial charge in [-0.2, -0.15) is 48.3 Å². The van der Waals surface area contributed by atoms with Crippen LogP contribution in [0.25, 0.3) is 0 Å². The molecule has 120 valence electrons. The van der Waals surface area contributed by atoms with E-state index in [0.29, 0.717) is 0 Å². The lowest BCUT2D eigenvalue weighted by Gasteiger charge is -2.34. The summed E-state index contributed by atoms with van der Waals surface area (Å²) >= 11 is 0. The second-order valence-electron chi connectivity index (χ2n) is 3.20. The molecule has 3 nitrogen and oxygen atoms in total. The van der Waals surface area contributed by atoms with Crippen LogP contribution in [0.3, 0.4) is 0 Å². The van der Waals surface area contributed by atoms with Gasteiger partial charge in [-0.1, -0.05) is 0 Å². The number of hydrogen-bond donors (Lipinski definition) is 2. The lowest BCUT2D eigenvalue weighted by atomic mass is 10.2. The van der Waals surface area contributed by atoms with E-state index < -0.39 is 36.1 Å². The largest absolute Gasteiger partial charge is 0.462 e. The van der Waals surface area contributed by atoms with Crippen molar-refractivity contribution in [3.05, 3.63) is 0 Å². The van der Waals surface area contributed by atoms with E-state index in [0.717, 1.165) is 0 Å². The number of ether oxygens (including phenoxy) is 1. The van der Waals surface area contributed by atoms with Crippen LogP contribution in [0.4, 0.5) is 48.3 Å². The zero-order valence-electron chi connectivity index (χ0n) is 8.64. The maximum atomic E-state index is 13.0. The van der Waals surface area contributed by atoms with Crippen LogP contribution in [0, 0.1) is 5.41 Å². The highest BCUT2D eigenvalue weighted by molar-refractivity contribution is 5.85. The summed E-state index contributed by atoms with van der Waals surface area (Å²) in [6.45, 7) is 0. The van der Waals surface area contributed by atoms with E-state index >= 15 is 0 Å². The van der Waals surface area contributed by atoms with Crippen LogP contribution in [0.5, 0.6) is 0 Å². The van der Waals surface area contributed by atoms with Gasteiger partial charge < -0.3 is 5.73 Å². The number of rotatable bonds is 4. The molecule has 0 aromatic heterocycles. The predicted molar refractivity (Wildman–Crippen MR) is 38.8 cm³/mol. The van der Waals surface area contributed by atoms with E-state index in [1.54, 1.807) is 0 Å². The fourth-order valence-corrected chi connectivity index (χ4v) is 0.671. The van der Waals surface area contributed by atoms with Crippen molar-refractivity contribution in [2.24, 2.45) is 5.73 Å². The summed E-state index contributed by atoms with van der Waals surface area (Å²) in [6.07, 6.45) is -20.6. The molecule has 0 heterocycles. The molecule has 0 aliphatic carbocycles. The molecule has 0 rings (SSSR count). The highest BCUT2D eigenvalue weighted by Crippen LogP contribution is 2.50. The highest BCUT2D eigenvalue weighted by atomic mass is 19.4. The van der Waals surface area contributed by atoms with Crippen molar-refractivity contribution in [2.75, 3.05) is 0 Å². The lowest BCUT2D eigenvalue weighted by molar-refractivity contribution is -0.469. The Morgan fingerprint density at radius 2 is 1.10 bits per heavy atom. The van der Waals surface area contributed by atoms with Crippen LogP contribution in [-0.4, -0.2) is 36.1 Å². The zero-order valence-corrected chi connectivity index (χ0v) is 8.64. The minimum atomic E-state index is -7.15. The molecule has 0 radical (unpaired) electrons. The normalized spacial score (nSPS) is 17.8. The summed E-state index contributed by atoms with van der Waals surface area (Å²) < 4.78 is 135. The molecule has 14 heteroatoms. The second-order valence-corrected chi connectivity index (χ2v) is 3.20.